The maximum absolute atomic E-state index is 11.9. The van der Waals surface area contributed by atoms with Crippen LogP contribution in [0, 0.1) is 6.92 Å². The van der Waals surface area contributed by atoms with Gasteiger partial charge in [0.15, 0.2) is 0 Å². The van der Waals surface area contributed by atoms with Gasteiger partial charge in [-0.25, -0.2) is 9.78 Å². The van der Waals surface area contributed by atoms with Crippen LogP contribution in [-0.2, 0) is 11.2 Å². The first-order chi connectivity index (χ1) is 14.1. The van der Waals surface area contributed by atoms with Crippen LogP contribution >= 0.6 is 0 Å². The van der Waals surface area contributed by atoms with E-state index in [0.717, 1.165) is 44.7 Å². The first kappa shape index (κ1) is 18.7. The number of hydrogen-bond acceptors (Lipinski definition) is 5. The summed E-state index contributed by atoms with van der Waals surface area (Å²) < 4.78 is 10.3. The number of fused-ring (bicyclic) bond motifs is 1. The van der Waals surface area contributed by atoms with E-state index in [0.29, 0.717) is 12.1 Å². The maximum atomic E-state index is 11.9. The largest absolute Gasteiger partial charge is 0.496 e. The van der Waals surface area contributed by atoms with Crippen molar-refractivity contribution in [2.24, 2.45) is 0 Å². The zero-order valence-electron chi connectivity index (χ0n) is 16.5. The van der Waals surface area contributed by atoms with Crippen LogP contribution in [0.25, 0.3) is 22.2 Å². The lowest BCUT2D eigenvalue weighted by molar-refractivity contribution is 0.0593. The van der Waals surface area contributed by atoms with E-state index >= 15 is 0 Å². The van der Waals surface area contributed by atoms with Gasteiger partial charge >= 0.3 is 5.97 Å². The van der Waals surface area contributed by atoms with Crippen LogP contribution in [0.2, 0.25) is 0 Å². The van der Waals surface area contributed by atoms with Gasteiger partial charge in [-0.15, -0.1) is 0 Å². The second kappa shape index (κ2) is 7.75. The highest BCUT2D eigenvalue weighted by molar-refractivity contribution is 5.92. The summed E-state index contributed by atoms with van der Waals surface area (Å²) in [4.78, 5) is 24.1. The third-order valence-electron chi connectivity index (χ3n) is 4.93. The lowest BCUT2D eigenvalue weighted by atomic mass is 10.0. The predicted octanol–water partition coefficient (Wildman–Crippen LogP) is 4.32. The summed E-state index contributed by atoms with van der Waals surface area (Å²) >= 11 is 0. The minimum Gasteiger partial charge on any atom is -0.496 e. The maximum Gasteiger partial charge on any atom is 0.356 e. The molecule has 0 aliphatic carbocycles. The van der Waals surface area contributed by atoms with Gasteiger partial charge in [0, 0.05) is 47.0 Å². The van der Waals surface area contributed by atoms with Gasteiger partial charge < -0.3 is 14.5 Å². The molecule has 0 fully saturated rings. The molecular weight excluding hydrogens is 366 g/mol. The fourth-order valence-electron chi connectivity index (χ4n) is 3.52. The number of aryl methyl sites for hydroxylation is 1. The highest BCUT2D eigenvalue weighted by atomic mass is 16.5. The van der Waals surface area contributed by atoms with Crippen molar-refractivity contribution in [3.05, 3.63) is 77.4 Å². The van der Waals surface area contributed by atoms with Crippen molar-refractivity contribution in [2.75, 3.05) is 14.2 Å². The number of carbonyl (C=O) groups is 1. The highest BCUT2D eigenvalue weighted by Crippen LogP contribution is 2.35. The molecule has 4 aromatic rings. The Labute approximate surface area is 168 Å². The summed E-state index contributed by atoms with van der Waals surface area (Å²) in [5, 5.41) is 1.09. The molecule has 0 aliphatic heterocycles. The molecular formula is C23H21N3O3. The number of aromatic amines is 1. The fraction of sp³-hybridized carbons (Fsp3) is 0.174. The Hall–Kier alpha value is -3.67. The van der Waals surface area contributed by atoms with E-state index < -0.39 is 5.97 Å². The van der Waals surface area contributed by atoms with Crippen LogP contribution in [0.3, 0.4) is 0 Å². The number of pyridine rings is 2. The molecule has 0 atom stereocenters. The summed E-state index contributed by atoms with van der Waals surface area (Å²) in [7, 11) is 3.02. The zero-order chi connectivity index (χ0) is 20.4. The fourth-order valence-corrected chi connectivity index (χ4v) is 3.52. The molecule has 1 N–H and O–H groups in total. The Kier molecular flexibility index (Phi) is 4.99. The first-order valence-corrected chi connectivity index (χ1v) is 9.24. The molecule has 6 nitrogen and oxygen atoms in total. The minimum absolute atomic E-state index is 0.297. The molecule has 146 valence electrons. The smallest absolute Gasteiger partial charge is 0.356 e. The van der Waals surface area contributed by atoms with E-state index in [4.69, 9.17) is 9.47 Å². The van der Waals surface area contributed by atoms with Crippen molar-refractivity contribution in [1.29, 1.82) is 0 Å². The van der Waals surface area contributed by atoms with Crippen LogP contribution in [0.1, 0.15) is 27.3 Å². The lowest BCUT2D eigenvalue weighted by Crippen LogP contribution is -2.06. The second-order valence-corrected chi connectivity index (χ2v) is 6.77. The Morgan fingerprint density at radius 3 is 2.72 bits per heavy atom. The van der Waals surface area contributed by atoms with Gasteiger partial charge in [-0.1, -0.05) is 6.07 Å². The normalized spacial score (nSPS) is 10.9. The third kappa shape index (κ3) is 3.57. The molecule has 1 aromatic carbocycles. The van der Waals surface area contributed by atoms with Crippen LogP contribution in [0.5, 0.6) is 5.75 Å². The van der Waals surface area contributed by atoms with E-state index in [9.17, 15) is 4.79 Å². The molecule has 0 saturated carbocycles. The number of nitrogens with zero attached hydrogens (tertiary/aromatic N) is 2. The minimum atomic E-state index is -0.446. The topological polar surface area (TPSA) is 77.1 Å². The Balaban J connectivity index is 1.88. The van der Waals surface area contributed by atoms with Crippen LogP contribution in [0.15, 0.2) is 54.9 Å². The summed E-state index contributed by atoms with van der Waals surface area (Å²) in [6.45, 7) is 2.02. The second-order valence-electron chi connectivity index (χ2n) is 6.77. The highest BCUT2D eigenvalue weighted by Gasteiger charge is 2.17. The molecule has 4 rings (SSSR count). The molecule has 0 unspecified atom stereocenters. The first-order valence-electron chi connectivity index (χ1n) is 9.24. The van der Waals surface area contributed by atoms with E-state index in [1.54, 1.807) is 19.4 Å². The summed E-state index contributed by atoms with van der Waals surface area (Å²) in [5.41, 5.74) is 6.16. The average Bonchev–Trinajstić information content (AvgIpc) is 3.10. The number of methoxy groups -OCH3 is 2. The van der Waals surface area contributed by atoms with Crippen molar-refractivity contribution in [3.8, 4) is 17.0 Å². The number of benzene rings is 1. The number of ether oxygens (including phenoxy) is 2. The van der Waals surface area contributed by atoms with Crippen LogP contribution in [-0.4, -0.2) is 35.1 Å². The quantitative estimate of drug-likeness (QED) is 0.516. The molecule has 0 saturated heterocycles. The number of carbonyl (C=O) groups excluding carboxylic acids is 1. The van der Waals surface area contributed by atoms with E-state index in [2.05, 4.69) is 21.0 Å². The number of hydrogen-bond donors (Lipinski definition) is 1. The molecule has 3 heterocycles. The SMILES string of the molecule is COC(=O)c1cccc(Cc2c(-c3cccnc3)[nH]c3cc(OC)c(C)cc23)n1. The average molecular weight is 387 g/mol. The zero-order valence-corrected chi connectivity index (χ0v) is 16.5. The molecule has 29 heavy (non-hydrogen) atoms. The Morgan fingerprint density at radius 1 is 1.14 bits per heavy atom. The predicted molar refractivity (Wildman–Crippen MR) is 111 cm³/mol. The van der Waals surface area contributed by atoms with E-state index in [1.807, 2.05) is 43.5 Å². The molecule has 0 bridgehead atoms. The molecule has 6 heteroatoms. The number of nitrogens with one attached hydrogen (secondary N) is 1. The van der Waals surface area contributed by atoms with Crippen molar-refractivity contribution in [3.63, 3.8) is 0 Å². The Morgan fingerprint density at radius 2 is 2.00 bits per heavy atom. The van der Waals surface area contributed by atoms with Crippen molar-refractivity contribution < 1.29 is 14.3 Å². The summed E-state index contributed by atoms with van der Waals surface area (Å²) in [6, 6.07) is 13.4. The van der Waals surface area contributed by atoms with Gasteiger partial charge in [-0.05, 0) is 48.4 Å². The standard InChI is InChI=1S/C23H21N3O3/c1-14-10-17-18(11-16-7-4-8-19(25-16)23(27)29-3)22(15-6-5-9-24-13-15)26-20(17)12-21(14)28-2/h4-10,12-13,26H,11H2,1-3H3. The van der Waals surface area contributed by atoms with Crippen LogP contribution < -0.4 is 4.74 Å². The number of H-pyrrole nitrogens is 1. The monoisotopic (exact) mass is 387 g/mol. The van der Waals surface area contributed by atoms with Gasteiger partial charge in [0.2, 0.25) is 0 Å². The van der Waals surface area contributed by atoms with Crippen molar-refractivity contribution in [2.45, 2.75) is 13.3 Å². The number of esters is 1. The molecule has 0 spiro atoms. The van der Waals surface area contributed by atoms with Crippen LogP contribution in [0.4, 0.5) is 0 Å². The van der Waals surface area contributed by atoms with Gasteiger partial charge in [0.25, 0.3) is 0 Å². The third-order valence-corrected chi connectivity index (χ3v) is 4.93. The summed E-state index contributed by atoms with van der Waals surface area (Å²) in [5.74, 6) is 0.382. The van der Waals surface area contributed by atoms with Gasteiger partial charge in [-0.3, -0.25) is 4.98 Å². The van der Waals surface area contributed by atoms with E-state index in [1.165, 1.54) is 7.11 Å². The van der Waals surface area contributed by atoms with Gasteiger partial charge in [-0.2, -0.15) is 0 Å². The van der Waals surface area contributed by atoms with Crippen molar-refractivity contribution >= 4 is 16.9 Å². The molecule has 0 aliphatic rings. The Bertz CT molecular complexity index is 1180. The molecule has 0 radical (unpaired) electrons. The molecule has 0 amide bonds. The lowest BCUT2D eigenvalue weighted by Gasteiger charge is -2.08. The van der Waals surface area contributed by atoms with Crippen molar-refractivity contribution in [1.82, 2.24) is 15.0 Å². The van der Waals surface area contributed by atoms with Gasteiger partial charge in [0.05, 0.1) is 19.9 Å². The van der Waals surface area contributed by atoms with E-state index in [-0.39, 0.29) is 0 Å². The summed E-state index contributed by atoms with van der Waals surface area (Å²) in [6.07, 6.45) is 4.14. The molecule has 3 aromatic heterocycles. The number of rotatable bonds is 5. The van der Waals surface area contributed by atoms with Gasteiger partial charge in [0.1, 0.15) is 11.4 Å². The number of aromatic nitrogens is 3.